The topological polar surface area (TPSA) is 63.7 Å². The highest BCUT2D eigenvalue weighted by Gasteiger charge is 2.67. The molecule has 1 aromatic rings. The van der Waals surface area contributed by atoms with Gasteiger partial charge in [0.25, 0.3) is 0 Å². The Hall–Kier alpha value is -2.53. The zero-order chi connectivity index (χ0) is 25.8. The average molecular weight is 490 g/mol. The van der Waals surface area contributed by atoms with E-state index >= 15 is 0 Å². The molecule has 2 fully saturated rings. The average Bonchev–Trinajstić information content (AvgIpc) is 3.10. The van der Waals surface area contributed by atoms with Crippen LogP contribution >= 0.6 is 0 Å². The van der Waals surface area contributed by atoms with Crippen LogP contribution in [0.1, 0.15) is 82.8 Å². The molecule has 1 aromatic carbocycles. The molecule has 0 aromatic heterocycles. The largest absolute Gasteiger partial charge is 0.451 e. The molecule has 0 radical (unpaired) electrons. The fraction of sp³-hybridized carbons (Fsp3) is 0.581. The van der Waals surface area contributed by atoms with Crippen LogP contribution in [-0.2, 0) is 25.7 Å². The number of fused-ring (bicyclic) bond motifs is 4. The van der Waals surface area contributed by atoms with Gasteiger partial charge in [-0.05, 0) is 99.7 Å². The molecule has 0 bridgehead atoms. The van der Waals surface area contributed by atoms with Gasteiger partial charge in [0.2, 0.25) is 0 Å². The van der Waals surface area contributed by atoms with E-state index in [-0.39, 0.29) is 29.4 Å². The van der Waals surface area contributed by atoms with Gasteiger partial charge in [-0.15, -0.1) is 0 Å². The normalized spacial score (nSPS) is 33.6. The Labute approximate surface area is 215 Å². The molecule has 0 spiro atoms. The Morgan fingerprint density at radius 1 is 1.06 bits per heavy atom. The second kappa shape index (κ2) is 9.09. The number of carbonyl (C=O) groups excluding carboxylic acids is 3. The van der Waals surface area contributed by atoms with Gasteiger partial charge in [-0.1, -0.05) is 36.8 Å². The van der Waals surface area contributed by atoms with E-state index in [0.717, 1.165) is 38.6 Å². The maximum atomic E-state index is 13.2. The number of hydrogen-bond donors (Lipinski definition) is 0. The molecule has 5 atom stereocenters. The van der Waals surface area contributed by atoms with Gasteiger partial charge in [0.15, 0.2) is 17.2 Å². The molecule has 0 saturated heterocycles. The number of hydrogen-bond acceptors (Lipinski definition) is 5. The van der Waals surface area contributed by atoms with Gasteiger partial charge in [-0.25, -0.2) is 0 Å². The Morgan fingerprint density at radius 3 is 2.42 bits per heavy atom. The van der Waals surface area contributed by atoms with Crippen LogP contribution in [0.25, 0.3) is 0 Å². The molecule has 0 amide bonds. The third-order valence-electron chi connectivity index (χ3n) is 9.62. The van der Waals surface area contributed by atoms with Crippen LogP contribution in [0.5, 0.6) is 0 Å². The molecule has 2 saturated carbocycles. The fourth-order valence-electron chi connectivity index (χ4n) is 8.23. The van der Waals surface area contributed by atoms with Crippen molar-refractivity contribution in [1.82, 2.24) is 4.90 Å². The van der Waals surface area contributed by atoms with Gasteiger partial charge in [0.05, 0.1) is 0 Å². The molecule has 4 aliphatic rings. The summed E-state index contributed by atoms with van der Waals surface area (Å²) in [6.45, 7) is 6.12. The minimum atomic E-state index is -1.07. The molecule has 192 valence electrons. The summed E-state index contributed by atoms with van der Waals surface area (Å²) in [5, 5.41) is 0. The van der Waals surface area contributed by atoms with E-state index in [1.54, 1.807) is 6.92 Å². The number of nitrogens with zero attached hydrogens (tertiary/aromatic N) is 1. The number of Topliss-reactive ketones (excluding diaryl/α,β-unsaturated/α-hetero) is 1. The lowest BCUT2D eigenvalue weighted by atomic mass is 9.50. The number of ketones is 2. The maximum absolute atomic E-state index is 13.2. The van der Waals surface area contributed by atoms with Gasteiger partial charge in [0, 0.05) is 31.2 Å². The van der Waals surface area contributed by atoms with E-state index in [1.165, 1.54) is 34.8 Å². The summed E-state index contributed by atoms with van der Waals surface area (Å²) in [5.74, 6) is 0.603. The van der Waals surface area contributed by atoms with Crippen LogP contribution in [0.15, 0.2) is 47.1 Å². The highest BCUT2D eigenvalue weighted by atomic mass is 16.6. The Kier molecular flexibility index (Phi) is 6.35. The minimum absolute atomic E-state index is 0.0291. The number of esters is 1. The Balaban J connectivity index is 1.65. The lowest BCUT2D eigenvalue weighted by Crippen LogP contribution is -2.57. The van der Waals surface area contributed by atoms with E-state index < -0.39 is 11.0 Å². The first-order valence-corrected chi connectivity index (χ1v) is 13.5. The van der Waals surface area contributed by atoms with Crippen molar-refractivity contribution in [1.29, 1.82) is 0 Å². The van der Waals surface area contributed by atoms with E-state index in [2.05, 4.69) is 50.2 Å². The monoisotopic (exact) mass is 489 g/mol. The number of carbonyl (C=O) groups is 3. The predicted molar refractivity (Wildman–Crippen MR) is 139 cm³/mol. The quantitative estimate of drug-likeness (QED) is 0.508. The molecule has 4 aliphatic carbocycles. The first-order chi connectivity index (χ1) is 17.1. The number of allylic oxidation sites excluding steroid dienone is 4. The highest BCUT2D eigenvalue weighted by molar-refractivity contribution is 5.93. The summed E-state index contributed by atoms with van der Waals surface area (Å²) in [6.07, 6.45) is 7.44. The Bertz CT molecular complexity index is 1160. The summed E-state index contributed by atoms with van der Waals surface area (Å²) in [6, 6.07) is 8.93. The van der Waals surface area contributed by atoms with Crippen molar-refractivity contribution in [2.45, 2.75) is 83.8 Å². The van der Waals surface area contributed by atoms with E-state index in [9.17, 15) is 14.4 Å². The molecular weight excluding hydrogens is 450 g/mol. The standard InChI is InChI=1S/C31H39NO4/c1-19(33)31(36-20(2)34)15-14-28-26-12-10-23-16-24(35)11-13-25(23)29(26)27(17-30(28,31)3)22-8-6-21(7-9-22)18-32(4)5/h6-9,16,26-28H,10-15,17-18H2,1-5H3/t26?,27-,28?,30+,31+/m1/s1. The van der Waals surface area contributed by atoms with Gasteiger partial charge < -0.3 is 9.64 Å². The van der Waals surface area contributed by atoms with Gasteiger partial charge in [-0.3, -0.25) is 14.4 Å². The zero-order valence-corrected chi connectivity index (χ0v) is 22.4. The molecule has 36 heavy (non-hydrogen) atoms. The van der Waals surface area contributed by atoms with E-state index in [0.29, 0.717) is 18.8 Å². The zero-order valence-electron chi connectivity index (χ0n) is 22.4. The van der Waals surface area contributed by atoms with Gasteiger partial charge >= 0.3 is 5.97 Å². The van der Waals surface area contributed by atoms with Crippen molar-refractivity contribution in [2.24, 2.45) is 17.3 Å². The third kappa shape index (κ3) is 3.91. The molecule has 0 heterocycles. The van der Waals surface area contributed by atoms with E-state index in [4.69, 9.17) is 4.74 Å². The van der Waals surface area contributed by atoms with Crippen molar-refractivity contribution in [3.8, 4) is 0 Å². The van der Waals surface area contributed by atoms with Crippen molar-refractivity contribution in [2.75, 3.05) is 14.1 Å². The molecule has 5 nitrogen and oxygen atoms in total. The SMILES string of the molecule is CC(=O)O[C@]1(C(C)=O)CCC2C3CCC4=CC(=O)CCC4=C3[C@@H](c3ccc(CN(C)C)cc3)C[C@@]21C. The van der Waals surface area contributed by atoms with Gasteiger partial charge in [-0.2, -0.15) is 0 Å². The summed E-state index contributed by atoms with van der Waals surface area (Å²) in [7, 11) is 4.15. The molecule has 5 rings (SSSR count). The number of ether oxygens (including phenoxy) is 1. The lowest BCUT2D eigenvalue weighted by Gasteiger charge is -2.55. The smallest absolute Gasteiger partial charge is 0.303 e. The van der Waals surface area contributed by atoms with Crippen molar-refractivity contribution < 1.29 is 19.1 Å². The second-order valence-corrected chi connectivity index (χ2v) is 12.0. The second-order valence-electron chi connectivity index (χ2n) is 12.0. The van der Waals surface area contributed by atoms with Crippen molar-refractivity contribution in [3.63, 3.8) is 0 Å². The molecule has 2 unspecified atom stereocenters. The first-order valence-electron chi connectivity index (χ1n) is 13.5. The minimum Gasteiger partial charge on any atom is -0.451 e. The van der Waals surface area contributed by atoms with Crippen molar-refractivity contribution >= 4 is 17.5 Å². The number of benzene rings is 1. The predicted octanol–water partition coefficient (Wildman–Crippen LogP) is 5.54. The summed E-state index contributed by atoms with van der Waals surface area (Å²) < 4.78 is 6.01. The molecule has 0 aliphatic heterocycles. The molecule has 0 N–H and O–H groups in total. The molecular formula is C31H39NO4. The number of rotatable bonds is 5. The summed E-state index contributed by atoms with van der Waals surface area (Å²) >= 11 is 0. The van der Waals surface area contributed by atoms with Crippen LogP contribution in [0.4, 0.5) is 0 Å². The van der Waals surface area contributed by atoms with Crippen molar-refractivity contribution in [3.05, 3.63) is 58.2 Å². The van der Waals surface area contributed by atoms with Crippen LogP contribution < -0.4 is 0 Å². The van der Waals surface area contributed by atoms with E-state index in [1.807, 2.05) is 6.08 Å². The summed E-state index contributed by atoms with van der Waals surface area (Å²) in [5.41, 5.74) is 5.14. The third-order valence-corrected chi connectivity index (χ3v) is 9.62. The maximum Gasteiger partial charge on any atom is 0.303 e. The van der Waals surface area contributed by atoms with Crippen LogP contribution in [0, 0.1) is 17.3 Å². The fourth-order valence-corrected chi connectivity index (χ4v) is 8.23. The van der Waals surface area contributed by atoms with Crippen LogP contribution in [0.3, 0.4) is 0 Å². The van der Waals surface area contributed by atoms with Gasteiger partial charge in [0.1, 0.15) is 0 Å². The highest BCUT2D eigenvalue weighted by Crippen LogP contribution is 2.67. The van der Waals surface area contributed by atoms with Crippen LogP contribution in [-0.4, -0.2) is 42.1 Å². The lowest BCUT2D eigenvalue weighted by molar-refractivity contribution is -0.182. The Morgan fingerprint density at radius 2 is 1.78 bits per heavy atom. The first kappa shape index (κ1) is 25.1. The summed E-state index contributed by atoms with van der Waals surface area (Å²) in [4.78, 5) is 39.9. The van der Waals surface area contributed by atoms with Crippen LogP contribution in [0.2, 0.25) is 0 Å². The molecule has 5 heteroatoms.